The van der Waals surface area contributed by atoms with E-state index in [4.69, 9.17) is 10.5 Å². The summed E-state index contributed by atoms with van der Waals surface area (Å²) in [6.45, 7) is 3.62. The van der Waals surface area contributed by atoms with Crippen LogP contribution in [0, 0.1) is 17.9 Å². The van der Waals surface area contributed by atoms with Crippen molar-refractivity contribution >= 4 is 41.4 Å². The number of nitrogens with zero attached hydrogens (tertiary/aromatic N) is 2. The van der Waals surface area contributed by atoms with Crippen molar-refractivity contribution in [3.63, 3.8) is 0 Å². The summed E-state index contributed by atoms with van der Waals surface area (Å²) in [7, 11) is 0. The van der Waals surface area contributed by atoms with Crippen LogP contribution in [-0.4, -0.2) is 190 Å². The Balaban J connectivity index is -0.00000360. The number of phenols is 1. The number of hydrogen-bond donors (Lipinski definition) is 14. The summed E-state index contributed by atoms with van der Waals surface area (Å²) in [4.78, 5) is 97.2. The number of aliphatic hydroxyl groups is 8. The quantitative estimate of drug-likeness (QED) is 0.0568. The number of benzene rings is 2. The third kappa shape index (κ3) is 13.4. The van der Waals surface area contributed by atoms with Gasteiger partial charge in [-0.3, -0.25) is 33.6 Å². The van der Waals surface area contributed by atoms with Crippen molar-refractivity contribution in [3.05, 3.63) is 59.7 Å². The Kier molecular flexibility index (Phi) is 19.1. The van der Waals surface area contributed by atoms with E-state index in [1.54, 1.807) is 6.92 Å². The van der Waals surface area contributed by atoms with Gasteiger partial charge in [-0.15, -0.1) is 0 Å². The molecule has 386 valence electrons. The second-order valence-corrected chi connectivity index (χ2v) is 16.7. The van der Waals surface area contributed by atoms with Crippen LogP contribution in [0.5, 0.6) is 11.5 Å². The number of ether oxygens (including phenoxy) is 1. The molecule has 68 heavy (non-hydrogen) atoms. The van der Waals surface area contributed by atoms with Gasteiger partial charge in [0.05, 0.1) is 37.1 Å². The number of hydrogen-bond acceptors (Lipinski definition) is 17. The van der Waals surface area contributed by atoms with Crippen LogP contribution in [0.3, 0.4) is 0 Å². The molecule has 2 aliphatic rings. The molecule has 0 bridgehead atoms. The van der Waals surface area contributed by atoms with Crippen LogP contribution in [0.2, 0.25) is 0 Å². The first kappa shape index (κ1) is 54.2. The van der Waals surface area contributed by atoms with E-state index < -0.39 is 152 Å². The fourth-order valence-corrected chi connectivity index (χ4v) is 7.72. The molecule has 2 fully saturated rings. The summed E-state index contributed by atoms with van der Waals surface area (Å²) in [5.41, 5.74) is 5.41. The van der Waals surface area contributed by atoms with E-state index in [0.29, 0.717) is 5.75 Å². The second kappa shape index (κ2) is 24.0. The number of rotatable bonds is 20. The van der Waals surface area contributed by atoms with Crippen molar-refractivity contribution < 1.29 is 94.2 Å². The number of nitrogens with two attached hydrogens (primary N) is 1. The Hall–Kier alpha value is -6.43. The van der Waals surface area contributed by atoms with Crippen LogP contribution in [0.4, 0.5) is 0 Å². The number of carbonyl (C=O) groups excluding carboxylic acids is 7. The Labute approximate surface area is 400 Å². The Bertz CT molecular complexity index is 2220. The fraction of sp³-hybridized carbons (Fsp3) is 0.523. The van der Waals surface area contributed by atoms with Crippen LogP contribution in [0.25, 0.3) is 0 Å². The summed E-state index contributed by atoms with van der Waals surface area (Å²) in [6.07, 6.45) is -10.8. The van der Waals surface area contributed by atoms with E-state index in [1.807, 2.05) is 0 Å². The smallest absolute Gasteiger partial charge is 0.251 e. The summed E-state index contributed by atoms with van der Waals surface area (Å²) < 4.78 is 5.16. The molecule has 2 aliphatic heterocycles. The number of nitrogens with one attached hydrogen (secondary N) is 4. The van der Waals surface area contributed by atoms with Crippen molar-refractivity contribution in [2.45, 2.75) is 120 Å². The Morgan fingerprint density at radius 1 is 0.809 bits per heavy atom. The maximum Gasteiger partial charge on any atom is 0.251 e. The highest BCUT2D eigenvalue weighted by Gasteiger charge is 2.49. The molecule has 7 amide bonds. The third-order valence-electron chi connectivity index (χ3n) is 11.5. The molecule has 15 N–H and O–H groups in total. The van der Waals surface area contributed by atoms with Crippen molar-refractivity contribution in [2.24, 2.45) is 11.7 Å². The van der Waals surface area contributed by atoms with Gasteiger partial charge in [0.2, 0.25) is 35.4 Å². The highest BCUT2D eigenvalue weighted by molar-refractivity contribution is 6.00. The standard InChI is InChI=1S/C44H59N7O17.7H2/c1-5-14-68-28-12-8-24(9-13-28)39(62)46-29(15-27(57)19-52)40(63)47-31(21(3)53)43(66)50-18-26(56)16-30(50)41(64)49-33(37(60)36(59)23-6-10-25(55)11-7-23)42(65)48-32(22(4)54)44(67)51-17-20(2)35(58)34(51)38(45)61;;;;;;;/h6-13,20-22,26-27,29-37,52-60H,15-19H2,1-4H3,(H2,45,61)(H,46,62)(H,47,63)(H,48,65)(H,49,64);7*1H/t20-,21?,22?,26+,27+,29-,30-,31-,32-,33-,34-,35-,36?,37-;;;;;;;/m0......./s1. The molecule has 2 aromatic carbocycles. The van der Waals surface area contributed by atoms with Gasteiger partial charge in [-0.25, -0.2) is 0 Å². The average Bonchev–Trinajstić information content (AvgIpc) is 3.85. The molecule has 0 spiro atoms. The van der Waals surface area contributed by atoms with E-state index in [2.05, 4.69) is 33.3 Å². The van der Waals surface area contributed by atoms with Gasteiger partial charge in [-0.05, 0) is 55.8 Å². The lowest BCUT2D eigenvalue weighted by atomic mass is 9.96. The van der Waals surface area contributed by atoms with Crippen molar-refractivity contribution in [1.82, 2.24) is 31.1 Å². The maximum absolute atomic E-state index is 14.2. The third-order valence-corrected chi connectivity index (χ3v) is 11.5. The van der Waals surface area contributed by atoms with Gasteiger partial charge in [0.15, 0.2) is 0 Å². The molecular formula is C44H73N7O17. The maximum atomic E-state index is 14.2. The van der Waals surface area contributed by atoms with E-state index in [0.717, 1.165) is 35.8 Å². The van der Waals surface area contributed by atoms with Crippen molar-refractivity contribution in [1.29, 1.82) is 0 Å². The zero-order valence-corrected chi connectivity index (χ0v) is 37.5. The lowest BCUT2D eigenvalue weighted by Crippen LogP contribution is -2.64. The number of likely N-dealkylation sites (tertiary alicyclic amines) is 2. The molecule has 0 aliphatic carbocycles. The molecule has 24 heteroatoms. The topological polar surface area (TPSA) is 391 Å². The van der Waals surface area contributed by atoms with E-state index in [1.165, 1.54) is 43.3 Å². The first-order valence-electron chi connectivity index (χ1n) is 21.5. The number of aromatic hydroxyl groups is 1. The first-order chi connectivity index (χ1) is 32.0. The Morgan fingerprint density at radius 2 is 1.38 bits per heavy atom. The fourth-order valence-electron chi connectivity index (χ4n) is 7.72. The van der Waals surface area contributed by atoms with Crippen molar-refractivity contribution in [2.75, 3.05) is 19.7 Å². The van der Waals surface area contributed by atoms with Gasteiger partial charge in [0, 0.05) is 54.3 Å². The number of β-amino-alcohol motifs (C(OH)–C–C–N with tert-alkyl or cyclic N) is 1. The van der Waals surface area contributed by atoms with E-state index in [-0.39, 0.29) is 33.4 Å². The average molecular weight is 972 g/mol. The lowest BCUT2D eigenvalue weighted by Gasteiger charge is -2.34. The summed E-state index contributed by atoms with van der Waals surface area (Å²) in [5.74, 6) is -6.01. The number of amides is 7. The highest BCUT2D eigenvalue weighted by Crippen LogP contribution is 2.27. The molecule has 14 atom stereocenters. The molecule has 24 nitrogen and oxygen atoms in total. The molecule has 2 aromatic rings. The normalized spacial score (nSPS) is 22.9. The molecule has 2 saturated heterocycles. The Morgan fingerprint density at radius 3 is 1.93 bits per heavy atom. The van der Waals surface area contributed by atoms with Crippen molar-refractivity contribution in [3.8, 4) is 23.5 Å². The van der Waals surface area contributed by atoms with E-state index in [9.17, 15) is 79.5 Å². The lowest BCUT2D eigenvalue weighted by molar-refractivity contribution is -0.147. The minimum atomic E-state index is -2.29. The predicted molar refractivity (Wildman–Crippen MR) is 248 cm³/mol. The van der Waals surface area contributed by atoms with Crippen LogP contribution in [0.15, 0.2) is 48.5 Å². The van der Waals surface area contributed by atoms with Gasteiger partial charge >= 0.3 is 0 Å². The molecular weight excluding hydrogens is 899 g/mol. The molecule has 0 aromatic heterocycles. The molecule has 0 saturated carbocycles. The van der Waals surface area contributed by atoms with Gasteiger partial charge in [-0.2, -0.15) is 0 Å². The molecule has 4 rings (SSSR count). The minimum Gasteiger partial charge on any atom is -0.508 e. The molecule has 0 radical (unpaired) electrons. The van der Waals surface area contributed by atoms with Crippen LogP contribution in [0.1, 0.15) is 72.5 Å². The second-order valence-electron chi connectivity index (χ2n) is 16.7. The van der Waals surface area contributed by atoms with Gasteiger partial charge < -0.3 is 87.5 Å². The number of primary amides is 1. The summed E-state index contributed by atoms with van der Waals surface area (Å²) in [5, 5.41) is 104. The molecule has 2 heterocycles. The zero-order valence-electron chi connectivity index (χ0n) is 37.5. The van der Waals surface area contributed by atoms with Crippen LogP contribution >= 0.6 is 0 Å². The summed E-state index contributed by atoms with van der Waals surface area (Å²) >= 11 is 0. The number of phenolic OH excluding ortho intramolecular Hbond substituents is 1. The number of carbonyl (C=O) groups is 7. The van der Waals surface area contributed by atoms with Gasteiger partial charge in [0.1, 0.15) is 66.1 Å². The van der Waals surface area contributed by atoms with E-state index >= 15 is 0 Å². The first-order valence-corrected chi connectivity index (χ1v) is 21.5. The van der Waals surface area contributed by atoms with Gasteiger partial charge in [0.25, 0.3) is 5.91 Å². The SMILES string of the molecule is CC#COc1ccc(C(=O)N[C@@H](C[C@@H](O)CO)C(=O)N[C@H](C(=O)N2C[C@H](O)C[C@H]2C(=O)N[C@H](C(=O)N[C@H](C(=O)N2C[C@H](C)[C@H](O)[C@H]2C(N)=O)C(C)O)[C@H](O)C(O)c2ccc(O)cc2)C(C)O)cc1.[HH].[HH].[HH].[HH].[HH].[HH].[HH]. The zero-order chi connectivity index (χ0) is 50.7. The van der Waals surface area contributed by atoms with Crippen LogP contribution < -0.4 is 31.7 Å². The minimum absolute atomic E-state index is 0. The number of aliphatic hydroxyl groups excluding tert-OH is 8. The highest BCUT2D eigenvalue weighted by atomic mass is 16.5. The monoisotopic (exact) mass is 972 g/mol. The molecule has 3 unspecified atom stereocenters. The van der Waals surface area contributed by atoms with Gasteiger partial charge in [-0.1, -0.05) is 25.0 Å². The van der Waals surface area contributed by atoms with Crippen LogP contribution in [-0.2, 0) is 28.8 Å². The largest absolute Gasteiger partial charge is 0.508 e. The predicted octanol–water partition coefficient (Wildman–Crippen LogP) is -3.72. The summed E-state index contributed by atoms with van der Waals surface area (Å²) in [6, 6.07) is -0.778.